The number of nitrogens with zero attached hydrogens (tertiary/aromatic N) is 7. The highest BCUT2D eigenvalue weighted by atomic mass is 19.1. The Labute approximate surface area is 223 Å². The third-order valence-corrected chi connectivity index (χ3v) is 7.05. The fraction of sp³-hybridized carbons (Fsp3) is 0.370. The van der Waals surface area contributed by atoms with Crippen LogP contribution in [-0.4, -0.2) is 73.7 Å². The fourth-order valence-electron chi connectivity index (χ4n) is 4.96. The minimum atomic E-state index is -0.585. The lowest BCUT2D eigenvalue weighted by atomic mass is 10.0. The molecule has 0 atom stereocenters. The number of carbonyl (C=O) groups excluding carboxylic acids is 1. The van der Waals surface area contributed by atoms with Crippen molar-refractivity contribution in [1.29, 1.82) is 0 Å². The number of aliphatic hydroxyl groups is 1. The summed E-state index contributed by atoms with van der Waals surface area (Å²) in [5.74, 6) is -1.46. The molecule has 3 aromatic heterocycles. The Kier molecular flexibility index (Phi) is 7.73. The lowest BCUT2D eigenvalue weighted by Crippen LogP contribution is -2.35. The van der Waals surface area contributed by atoms with Crippen LogP contribution in [-0.2, 0) is 6.42 Å². The van der Waals surface area contributed by atoms with Crippen molar-refractivity contribution in [3.63, 3.8) is 0 Å². The van der Waals surface area contributed by atoms with E-state index in [1.807, 2.05) is 4.90 Å². The van der Waals surface area contributed by atoms with E-state index in [0.29, 0.717) is 56.2 Å². The highest BCUT2D eigenvalue weighted by Crippen LogP contribution is 2.31. The number of fused-ring (bicyclic) bond motifs is 1. The van der Waals surface area contributed by atoms with E-state index in [2.05, 4.69) is 19.9 Å². The number of halogens is 3. The van der Waals surface area contributed by atoms with E-state index in [9.17, 15) is 9.18 Å². The molecule has 4 heterocycles. The fourth-order valence-corrected chi connectivity index (χ4v) is 4.96. The van der Waals surface area contributed by atoms with Gasteiger partial charge in [0.1, 0.15) is 17.8 Å². The Balaban J connectivity index is 1.33. The molecule has 4 aromatic rings. The summed E-state index contributed by atoms with van der Waals surface area (Å²) < 4.78 is 45.2. The molecule has 39 heavy (non-hydrogen) atoms. The Morgan fingerprint density at radius 1 is 1.08 bits per heavy atom. The SMILES string of the molecule is CN(CCCO)C(=O)c1ccc(Cc2ncnc3c2c(F)cn3C2CCN(c3ncc(F)cn3)CC2)c(F)c1. The normalized spacial score (nSPS) is 14.2. The molecule has 1 aromatic carbocycles. The number of hydrogen-bond donors (Lipinski definition) is 1. The van der Waals surface area contributed by atoms with Gasteiger partial charge in [0.15, 0.2) is 11.6 Å². The van der Waals surface area contributed by atoms with Crippen molar-refractivity contribution in [3.8, 4) is 0 Å². The number of rotatable bonds is 8. The van der Waals surface area contributed by atoms with Gasteiger partial charge in [-0.15, -0.1) is 0 Å². The molecule has 0 bridgehead atoms. The lowest BCUT2D eigenvalue weighted by Gasteiger charge is -2.32. The van der Waals surface area contributed by atoms with Gasteiger partial charge < -0.3 is 19.5 Å². The molecule has 12 heteroatoms. The molecule has 9 nitrogen and oxygen atoms in total. The van der Waals surface area contributed by atoms with Crippen molar-refractivity contribution in [2.24, 2.45) is 0 Å². The third-order valence-electron chi connectivity index (χ3n) is 7.05. The second kappa shape index (κ2) is 11.4. The van der Waals surface area contributed by atoms with Crippen LogP contribution in [0.15, 0.2) is 43.1 Å². The number of carbonyl (C=O) groups is 1. The number of aromatic nitrogens is 5. The van der Waals surface area contributed by atoms with Crippen molar-refractivity contribution in [1.82, 2.24) is 29.4 Å². The number of amides is 1. The van der Waals surface area contributed by atoms with Crippen molar-refractivity contribution in [2.75, 3.05) is 38.2 Å². The van der Waals surface area contributed by atoms with Crippen LogP contribution in [0.2, 0.25) is 0 Å². The predicted octanol–water partition coefficient (Wildman–Crippen LogP) is 3.53. The summed E-state index contributed by atoms with van der Waals surface area (Å²) in [6.45, 7) is 1.54. The van der Waals surface area contributed by atoms with E-state index in [-0.39, 0.29) is 41.5 Å². The first kappa shape index (κ1) is 26.5. The van der Waals surface area contributed by atoms with Gasteiger partial charge in [-0.3, -0.25) is 4.79 Å². The van der Waals surface area contributed by atoms with Crippen molar-refractivity contribution < 1.29 is 23.1 Å². The molecule has 5 rings (SSSR count). The van der Waals surface area contributed by atoms with Gasteiger partial charge in [0, 0.05) is 57.5 Å². The molecule has 204 valence electrons. The van der Waals surface area contributed by atoms with Gasteiger partial charge in [-0.2, -0.15) is 0 Å². The van der Waals surface area contributed by atoms with Crippen LogP contribution in [0.5, 0.6) is 0 Å². The van der Waals surface area contributed by atoms with Gasteiger partial charge in [0.25, 0.3) is 5.91 Å². The number of piperidine rings is 1. The lowest BCUT2D eigenvalue weighted by molar-refractivity contribution is 0.0786. The quantitative estimate of drug-likeness (QED) is 0.366. The van der Waals surface area contributed by atoms with Crippen LogP contribution in [0.3, 0.4) is 0 Å². The van der Waals surface area contributed by atoms with Crippen LogP contribution >= 0.6 is 0 Å². The Morgan fingerprint density at radius 3 is 2.51 bits per heavy atom. The maximum absolute atomic E-state index is 15.2. The van der Waals surface area contributed by atoms with Crippen molar-refractivity contribution in [2.45, 2.75) is 31.7 Å². The summed E-state index contributed by atoms with van der Waals surface area (Å²) in [6, 6.07) is 4.19. The van der Waals surface area contributed by atoms with E-state index in [0.717, 1.165) is 12.4 Å². The Hall–Kier alpha value is -4.06. The zero-order valence-corrected chi connectivity index (χ0v) is 21.4. The average Bonchev–Trinajstić information content (AvgIpc) is 3.30. The molecule has 1 amide bonds. The van der Waals surface area contributed by atoms with Gasteiger partial charge in [0.05, 0.1) is 23.5 Å². The topological polar surface area (TPSA) is 100 Å². The number of hydrogen-bond acceptors (Lipinski definition) is 7. The number of benzene rings is 1. The van der Waals surface area contributed by atoms with Crippen molar-refractivity contribution >= 4 is 22.9 Å². The van der Waals surface area contributed by atoms with E-state index in [1.54, 1.807) is 11.6 Å². The first-order valence-electron chi connectivity index (χ1n) is 12.7. The van der Waals surface area contributed by atoms with Crippen LogP contribution < -0.4 is 4.90 Å². The maximum atomic E-state index is 15.2. The van der Waals surface area contributed by atoms with E-state index in [1.165, 1.54) is 35.6 Å². The first-order chi connectivity index (χ1) is 18.9. The van der Waals surface area contributed by atoms with E-state index >= 15 is 8.78 Å². The van der Waals surface area contributed by atoms with Crippen LogP contribution in [0.4, 0.5) is 19.1 Å². The molecular formula is C27H28F3N7O2. The smallest absolute Gasteiger partial charge is 0.253 e. The molecule has 0 saturated carbocycles. The number of anilines is 1. The number of aliphatic hydroxyl groups excluding tert-OH is 1. The van der Waals surface area contributed by atoms with Crippen LogP contribution in [0, 0.1) is 17.5 Å². The highest BCUT2D eigenvalue weighted by Gasteiger charge is 2.26. The molecule has 0 spiro atoms. The maximum Gasteiger partial charge on any atom is 0.253 e. The molecule has 1 aliphatic rings. The van der Waals surface area contributed by atoms with Gasteiger partial charge in [0.2, 0.25) is 5.95 Å². The standard InChI is InChI=1S/C27H28F3N7O2/c1-35(7-2-10-38)26(39)18-4-3-17(21(29)11-18)12-23-24-22(30)15-37(25(24)34-16-33-23)20-5-8-36(9-6-20)27-31-13-19(28)14-32-27/h3-4,11,13-16,20,38H,2,5-10,12H2,1H3. The monoisotopic (exact) mass is 539 g/mol. The van der Waals surface area contributed by atoms with Gasteiger partial charge >= 0.3 is 0 Å². The average molecular weight is 540 g/mol. The van der Waals surface area contributed by atoms with E-state index < -0.39 is 17.5 Å². The minimum absolute atomic E-state index is 0.0266. The van der Waals surface area contributed by atoms with Gasteiger partial charge in [-0.05, 0) is 37.0 Å². The summed E-state index contributed by atoms with van der Waals surface area (Å²) in [4.78, 5) is 32.6. The van der Waals surface area contributed by atoms with Gasteiger partial charge in [-0.1, -0.05) is 6.07 Å². The van der Waals surface area contributed by atoms with Crippen LogP contribution in [0.25, 0.3) is 11.0 Å². The summed E-state index contributed by atoms with van der Waals surface area (Å²) in [7, 11) is 1.59. The Morgan fingerprint density at radius 2 is 1.82 bits per heavy atom. The second-order valence-corrected chi connectivity index (χ2v) is 9.61. The molecule has 1 fully saturated rings. The molecule has 1 saturated heterocycles. The van der Waals surface area contributed by atoms with Gasteiger partial charge in [-0.25, -0.2) is 33.1 Å². The molecule has 1 aliphatic heterocycles. The molecule has 0 unspecified atom stereocenters. The summed E-state index contributed by atoms with van der Waals surface area (Å²) in [5, 5.41) is 9.21. The summed E-state index contributed by atoms with van der Waals surface area (Å²) >= 11 is 0. The first-order valence-corrected chi connectivity index (χ1v) is 12.7. The van der Waals surface area contributed by atoms with Crippen molar-refractivity contribution in [3.05, 3.63) is 77.4 Å². The molecule has 0 aliphatic carbocycles. The largest absolute Gasteiger partial charge is 0.396 e. The van der Waals surface area contributed by atoms with E-state index in [4.69, 9.17) is 5.11 Å². The molecule has 0 radical (unpaired) electrons. The van der Waals surface area contributed by atoms with Crippen LogP contribution in [0.1, 0.15) is 46.9 Å². The highest BCUT2D eigenvalue weighted by molar-refractivity contribution is 5.94. The zero-order chi connectivity index (χ0) is 27.5. The second-order valence-electron chi connectivity index (χ2n) is 9.61. The summed E-state index contributed by atoms with van der Waals surface area (Å²) in [5.41, 5.74) is 1.27. The predicted molar refractivity (Wildman–Crippen MR) is 138 cm³/mol. The molecular weight excluding hydrogens is 511 g/mol. The Bertz CT molecular complexity index is 1470. The minimum Gasteiger partial charge on any atom is -0.396 e. The zero-order valence-electron chi connectivity index (χ0n) is 21.4. The third kappa shape index (κ3) is 5.56. The summed E-state index contributed by atoms with van der Waals surface area (Å²) in [6.07, 6.45) is 6.85. The molecule has 1 N–H and O–H groups in total.